The molecule has 0 bridgehead atoms. The van der Waals surface area contributed by atoms with Gasteiger partial charge in [-0.15, -0.1) is 0 Å². The third kappa shape index (κ3) is 2.59. The van der Waals surface area contributed by atoms with Gasteiger partial charge in [-0.3, -0.25) is 4.79 Å². The van der Waals surface area contributed by atoms with Gasteiger partial charge in [0.15, 0.2) is 6.29 Å². The number of carbonyl (C=O) groups is 1. The number of aliphatic hydroxyl groups excluding tert-OH is 1. The van der Waals surface area contributed by atoms with Crippen molar-refractivity contribution in [1.29, 1.82) is 0 Å². The predicted molar refractivity (Wildman–Crippen MR) is 48.1 cm³/mol. The van der Waals surface area contributed by atoms with Gasteiger partial charge in [0.05, 0.1) is 17.4 Å². The second kappa shape index (κ2) is 4.16. The lowest BCUT2D eigenvalue weighted by molar-refractivity contribution is -0.137. The summed E-state index contributed by atoms with van der Waals surface area (Å²) < 4.78 is 36.5. The van der Waals surface area contributed by atoms with Crippen LogP contribution >= 0.6 is 0 Å². The van der Waals surface area contributed by atoms with E-state index in [1.165, 1.54) is 0 Å². The van der Waals surface area contributed by atoms with Gasteiger partial charge in [-0.1, -0.05) is 12.1 Å². The fraction of sp³-hybridized carbons (Fsp3) is 0.100. The molecule has 1 aromatic rings. The normalized spacial score (nSPS) is 12.6. The van der Waals surface area contributed by atoms with Gasteiger partial charge in [-0.2, -0.15) is 13.2 Å². The molecule has 0 unspecified atom stereocenters. The zero-order valence-electron chi connectivity index (χ0n) is 7.45. The maximum atomic E-state index is 12.2. The maximum Gasteiger partial charge on any atom is 0.416 e. The Morgan fingerprint density at radius 1 is 1.20 bits per heavy atom. The molecule has 0 radical (unpaired) electrons. The third-order valence-electron chi connectivity index (χ3n) is 1.81. The molecule has 0 amide bonds. The molecule has 5 heteroatoms. The number of aldehydes is 1. The van der Waals surface area contributed by atoms with E-state index in [0.29, 0.717) is 12.5 Å². The average molecular weight is 216 g/mol. The standard InChI is InChI=1S/C10H7F3O2/c11-10(12,13)9-3-1-7(2-4-9)8(5-14)6-15/h1-6,14H/b8-5-. The topological polar surface area (TPSA) is 37.3 Å². The second-order valence-electron chi connectivity index (χ2n) is 2.78. The number of benzene rings is 1. The van der Waals surface area contributed by atoms with Crippen LogP contribution in [0.3, 0.4) is 0 Å². The van der Waals surface area contributed by atoms with Crippen molar-refractivity contribution >= 4 is 11.9 Å². The Kier molecular flexibility index (Phi) is 3.14. The van der Waals surface area contributed by atoms with Crippen molar-refractivity contribution in [3.8, 4) is 0 Å². The van der Waals surface area contributed by atoms with E-state index >= 15 is 0 Å². The van der Waals surface area contributed by atoms with Gasteiger partial charge >= 0.3 is 6.18 Å². The summed E-state index contributed by atoms with van der Waals surface area (Å²) in [7, 11) is 0. The molecule has 1 N–H and O–H groups in total. The highest BCUT2D eigenvalue weighted by atomic mass is 19.4. The number of hydrogen-bond donors (Lipinski definition) is 1. The van der Waals surface area contributed by atoms with Crippen LogP contribution in [-0.4, -0.2) is 11.4 Å². The number of hydrogen-bond acceptors (Lipinski definition) is 2. The van der Waals surface area contributed by atoms with Crippen LogP contribution in [0.5, 0.6) is 0 Å². The van der Waals surface area contributed by atoms with Crippen LogP contribution in [0.4, 0.5) is 13.2 Å². The van der Waals surface area contributed by atoms with Gasteiger partial charge in [0.25, 0.3) is 0 Å². The monoisotopic (exact) mass is 216 g/mol. The molecule has 0 aromatic heterocycles. The van der Waals surface area contributed by atoms with Crippen LogP contribution in [-0.2, 0) is 11.0 Å². The Hall–Kier alpha value is -1.78. The van der Waals surface area contributed by atoms with Gasteiger partial charge in [0, 0.05) is 0 Å². The highest BCUT2D eigenvalue weighted by Crippen LogP contribution is 2.29. The summed E-state index contributed by atoms with van der Waals surface area (Å²) in [5, 5.41) is 8.59. The highest BCUT2D eigenvalue weighted by Gasteiger charge is 2.29. The minimum Gasteiger partial charge on any atom is -0.515 e. The Labute approximate surface area is 83.7 Å². The van der Waals surface area contributed by atoms with Crippen LogP contribution in [0.2, 0.25) is 0 Å². The van der Waals surface area contributed by atoms with Crippen molar-refractivity contribution in [3.63, 3.8) is 0 Å². The third-order valence-corrected chi connectivity index (χ3v) is 1.81. The van der Waals surface area contributed by atoms with E-state index in [1.54, 1.807) is 0 Å². The first-order valence-electron chi connectivity index (χ1n) is 3.96. The zero-order valence-corrected chi connectivity index (χ0v) is 7.45. The summed E-state index contributed by atoms with van der Waals surface area (Å²) in [6, 6.07) is 3.95. The van der Waals surface area contributed by atoms with Crippen LogP contribution in [0.1, 0.15) is 11.1 Å². The number of rotatable bonds is 2. The molecule has 0 atom stereocenters. The highest BCUT2D eigenvalue weighted by molar-refractivity contribution is 6.06. The summed E-state index contributed by atoms with van der Waals surface area (Å²) in [5.74, 6) is 0. The van der Waals surface area contributed by atoms with E-state index < -0.39 is 11.7 Å². The molecule has 0 saturated heterocycles. The molecule has 1 rings (SSSR count). The molecule has 0 saturated carbocycles. The van der Waals surface area contributed by atoms with Gasteiger partial charge in [0.1, 0.15) is 0 Å². The van der Waals surface area contributed by atoms with Crippen molar-refractivity contribution in [2.24, 2.45) is 0 Å². The molecule has 2 nitrogen and oxygen atoms in total. The van der Waals surface area contributed by atoms with Crippen molar-refractivity contribution in [3.05, 3.63) is 41.7 Å². The van der Waals surface area contributed by atoms with Gasteiger partial charge in [-0.25, -0.2) is 0 Å². The fourth-order valence-corrected chi connectivity index (χ4v) is 1.02. The van der Waals surface area contributed by atoms with Crippen molar-refractivity contribution in [1.82, 2.24) is 0 Å². The maximum absolute atomic E-state index is 12.2. The first kappa shape index (κ1) is 11.3. The Balaban J connectivity index is 3.05. The number of halogens is 3. The Morgan fingerprint density at radius 2 is 1.73 bits per heavy atom. The van der Waals surface area contributed by atoms with Crippen LogP contribution < -0.4 is 0 Å². The Morgan fingerprint density at radius 3 is 2.07 bits per heavy atom. The second-order valence-corrected chi connectivity index (χ2v) is 2.78. The largest absolute Gasteiger partial charge is 0.515 e. The molecule has 0 fully saturated rings. The molecule has 0 spiro atoms. The van der Waals surface area contributed by atoms with Gasteiger partial charge in [0.2, 0.25) is 0 Å². The molecule has 15 heavy (non-hydrogen) atoms. The van der Waals surface area contributed by atoms with E-state index in [9.17, 15) is 18.0 Å². The molecule has 0 aliphatic rings. The lowest BCUT2D eigenvalue weighted by atomic mass is 10.1. The number of alkyl halides is 3. The number of carbonyl (C=O) groups excluding carboxylic acids is 1. The minimum atomic E-state index is -4.40. The summed E-state index contributed by atoms with van der Waals surface area (Å²) in [5.41, 5.74) is -0.626. The molecule has 0 aliphatic heterocycles. The summed E-state index contributed by atoms with van der Waals surface area (Å²) in [6.45, 7) is 0. The van der Waals surface area contributed by atoms with E-state index in [0.717, 1.165) is 24.3 Å². The molecule has 0 aliphatic carbocycles. The molecule has 80 valence electrons. The summed E-state index contributed by atoms with van der Waals surface area (Å²) in [6.07, 6.45) is -3.49. The van der Waals surface area contributed by atoms with Gasteiger partial charge in [-0.05, 0) is 17.7 Å². The summed E-state index contributed by atoms with van der Waals surface area (Å²) in [4.78, 5) is 10.4. The first-order valence-corrected chi connectivity index (χ1v) is 3.96. The van der Waals surface area contributed by atoms with Crippen LogP contribution in [0, 0.1) is 0 Å². The number of aliphatic hydroxyl groups is 1. The average Bonchev–Trinajstić information content (AvgIpc) is 2.19. The lowest BCUT2D eigenvalue weighted by Gasteiger charge is -2.06. The first-order chi connectivity index (χ1) is 6.99. The van der Waals surface area contributed by atoms with E-state index in [2.05, 4.69) is 0 Å². The van der Waals surface area contributed by atoms with Crippen molar-refractivity contribution < 1.29 is 23.1 Å². The molecule has 1 aromatic carbocycles. The summed E-state index contributed by atoms with van der Waals surface area (Å²) >= 11 is 0. The van der Waals surface area contributed by atoms with Crippen molar-refractivity contribution in [2.75, 3.05) is 0 Å². The van der Waals surface area contributed by atoms with Gasteiger partial charge < -0.3 is 5.11 Å². The van der Waals surface area contributed by atoms with Crippen LogP contribution in [0.15, 0.2) is 30.5 Å². The van der Waals surface area contributed by atoms with E-state index in [-0.39, 0.29) is 11.1 Å². The molecular weight excluding hydrogens is 209 g/mol. The van der Waals surface area contributed by atoms with E-state index in [1.807, 2.05) is 0 Å². The molecular formula is C10H7F3O2. The number of allylic oxidation sites excluding steroid dienone is 1. The van der Waals surface area contributed by atoms with Crippen molar-refractivity contribution in [2.45, 2.75) is 6.18 Å². The lowest BCUT2D eigenvalue weighted by Crippen LogP contribution is -2.04. The van der Waals surface area contributed by atoms with E-state index in [4.69, 9.17) is 5.11 Å². The molecule has 0 heterocycles. The predicted octanol–water partition coefficient (Wildman–Crippen LogP) is 2.80. The van der Waals surface area contributed by atoms with Crippen LogP contribution in [0.25, 0.3) is 5.57 Å². The zero-order chi connectivity index (χ0) is 11.5. The Bertz CT molecular complexity index is 377. The fourth-order valence-electron chi connectivity index (χ4n) is 1.02. The smallest absolute Gasteiger partial charge is 0.416 e. The quantitative estimate of drug-likeness (QED) is 0.469. The SMILES string of the molecule is O=C/C(=C/O)c1ccc(C(F)(F)F)cc1. The minimum absolute atomic E-state index is 0.0660.